The number of phenolic OH excluding ortho intramolecular Hbond substituents is 1. The molecule has 0 aliphatic carbocycles. The molecule has 0 atom stereocenters. The lowest BCUT2D eigenvalue weighted by atomic mass is 10.3. The summed E-state index contributed by atoms with van der Waals surface area (Å²) in [5.74, 6) is 0.787. The molecule has 0 aliphatic rings. The first-order valence-corrected chi connectivity index (χ1v) is 6.16. The number of hydrogen-bond acceptors (Lipinski definition) is 3. The molecule has 1 heterocycles. The third kappa shape index (κ3) is 2.42. The highest BCUT2D eigenvalue weighted by Crippen LogP contribution is 2.17. The zero-order chi connectivity index (χ0) is 13.9. The van der Waals surface area contributed by atoms with Gasteiger partial charge in [-0.3, -0.25) is 9.89 Å². The van der Waals surface area contributed by atoms with Crippen molar-refractivity contribution in [3.63, 3.8) is 0 Å². The van der Waals surface area contributed by atoms with Crippen LogP contribution in [-0.4, -0.2) is 14.9 Å². The molecule has 3 aromatic rings. The lowest BCUT2D eigenvalue weighted by Crippen LogP contribution is -2.12. The van der Waals surface area contributed by atoms with Crippen molar-refractivity contribution in [3.05, 3.63) is 71.0 Å². The van der Waals surface area contributed by atoms with Crippen LogP contribution in [0.5, 0.6) is 5.75 Å². The van der Waals surface area contributed by atoms with E-state index in [1.54, 1.807) is 24.3 Å². The van der Waals surface area contributed by atoms with Crippen LogP contribution >= 0.6 is 0 Å². The molecule has 0 saturated carbocycles. The van der Waals surface area contributed by atoms with Gasteiger partial charge in [0.15, 0.2) is 0 Å². The van der Waals surface area contributed by atoms with Crippen molar-refractivity contribution in [2.75, 3.05) is 5.32 Å². The van der Waals surface area contributed by atoms with Gasteiger partial charge in [-0.25, -0.2) is 4.68 Å². The van der Waals surface area contributed by atoms with E-state index in [-0.39, 0.29) is 11.3 Å². The molecular formula is C15H13N3O2. The number of phenols is 1. The highest BCUT2D eigenvalue weighted by atomic mass is 16.3. The van der Waals surface area contributed by atoms with Crippen LogP contribution in [0.2, 0.25) is 0 Å². The molecule has 5 heteroatoms. The third-order valence-electron chi connectivity index (χ3n) is 2.88. The number of hydrogen-bond donors (Lipinski definition) is 3. The number of H-pyrrole nitrogens is 1. The van der Waals surface area contributed by atoms with E-state index in [2.05, 4.69) is 10.4 Å². The van der Waals surface area contributed by atoms with E-state index in [0.717, 1.165) is 11.4 Å². The average Bonchev–Trinajstić information content (AvgIpc) is 2.83. The molecular weight excluding hydrogens is 254 g/mol. The summed E-state index contributed by atoms with van der Waals surface area (Å²) in [5.41, 5.74) is 1.41. The molecule has 20 heavy (non-hydrogen) atoms. The highest BCUT2D eigenvalue weighted by molar-refractivity contribution is 5.56. The van der Waals surface area contributed by atoms with Crippen LogP contribution in [-0.2, 0) is 0 Å². The molecule has 0 saturated heterocycles. The Hall–Kier alpha value is -2.95. The summed E-state index contributed by atoms with van der Waals surface area (Å²) < 4.78 is 1.46. The smallest absolute Gasteiger partial charge is 0.273 e. The van der Waals surface area contributed by atoms with Gasteiger partial charge in [-0.15, -0.1) is 0 Å². The summed E-state index contributed by atoms with van der Waals surface area (Å²) in [6, 6.07) is 17.4. The van der Waals surface area contributed by atoms with Crippen molar-refractivity contribution < 1.29 is 5.11 Å². The lowest BCUT2D eigenvalue weighted by Gasteiger charge is -2.04. The Labute approximate surface area is 115 Å². The van der Waals surface area contributed by atoms with Crippen molar-refractivity contribution in [1.82, 2.24) is 9.78 Å². The van der Waals surface area contributed by atoms with Crippen LogP contribution in [0.1, 0.15) is 0 Å². The highest BCUT2D eigenvalue weighted by Gasteiger charge is 2.04. The molecule has 5 nitrogen and oxygen atoms in total. The molecule has 0 amide bonds. The molecule has 0 spiro atoms. The average molecular weight is 267 g/mol. The first-order chi connectivity index (χ1) is 9.72. The zero-order valence-electron chi connectivity index (χ0n) is 10.6. The molecule has 0 aliphatic heterocycles. The molecule has 3 N–H and O–H groups in total. The van der Waals surface area contributed by atoms with E-state index in [1.807, 2.05) is 30.3 Å². The second-order valence-electron chi connectivity index (χ2n) is 4.35. The Morgan fingerprint density at radius 3 is 2.40 bits per heavy atom. The van der Waals surface area contributed by atoms with Crippen LogP contribution in [0, 0.1) is 0 Å². The molecule has 1 aromatic heterocycles. The summed E-state index contributed by atoms with van der Waals surface area (Å²) in [7, 11) is 0. The second kappa shape index (κ2) is 4.97. The fourth-order valence-electron chi connectivity index (χ4n) is 1.93. The molecule has 0 bridgehead atoms. The number of aromatic hydroxyl groups is 1. The molecule has 0 radical (unpaired) electrons. The molecule has 3 rings (SSSR count). The van der Waals surface area contributed by atoms with E-state index in [0.29, 0.717) is 5.82 Å². The summed E-state index contributed by atoms with van der Waals surface area (Å²) in [5, 5.41) is 15.3. The number of aromatic amines is 1. The van der Waals surface area contributed by atoms with Gasteiger partial charge in [0.1, 0.15) is 11.6 Å². The van der Waals surface area contributed by atoms with Gasteiger partial charge in [-0.2, -0.15) is 0 Å². The number of para-hydroxylation sites is 1. The third-order valence-corrected chi connectivity index (χ3v) is 2.88. The van der Waals surface area contributed by atoms with Gasteiger partial charge < -0.3 is 10.4 Å². The van der Waals surface area contributed by atoms with Gasteiger partial charge in [0, 0.05) is 11.8 Å². The fourth-order valence-corrected chi connectivity index (χ4v) is 1.93. The summed E-state index contributed by atoms with van der Waals surface area (Å²) in [4.78, 5) is 11.9. The monoisotopic (exact) mass is 267 g/mol. The van der Waals surface area contributed by atoms with Crippen molar-refractivity contribution in [3.8, 4) is 11.4 Å². The Morgan fingerprint density at radius 2 is 1.70 bits per heavy atom. The van der Waals surface area contributed by atoms with Gasteiger partial charge in [-0.05, 0) is 36.4 Å². The van der Waals surface area contributed by atoms with Crippen LogP contribution in [0.3, 0.4) is 0 Å². The summed E-state index contributed by atoms with van der Waals surface area (Å²) in [6.07, 6.45) is 0. The SMILES string of the molecule is O=c1cc(Nc2ccc(O)cc2)[nH]n1-c1ccccc1. The largest absolute Gasteiger partial charge is 0.508 e. The predicted octanol–water partition coefficient (Wildman–Crippen LogP) is 2.61. The number of nitrogens with one attached hydrogen (secondary N) is 2. The Kier molecular flexibility index (Phi) is 3.01. The molecule has 0 fully saturated rings. The van der Waals surface area contributed by atoms with E-state index in [4.69, 9.17) is 0 Å². The lowest BCUT2D eigenvalue weighted by molar-refractivity contribution is 0.475. The molecule has 0 unspecified atom stereocenters. The molecule has 2 aromatic carbocycles. The minimum absolute atomic E-state index is 0.141. The normalized spacial score (nSPS) is 10.4. The standard InChI is InChI=1S/C15H13N3O2/c19-13-8-6-11(7-9-13)16-14-10-15(20)18(17-14)12-4-2-1-3-5-12/h1-10,16-17,19H. The Balaban J connectivity index is 1.89. The Bertz CT molecular complexity index is 758. The second-order valence-corrected chi connectivity index (χ2v) is 4.35. The minimum Gasteiger partial charge on any atom is -0.508 e. The van der Waals surface area contributed by atoms with Crippen molar-refractivity contribution in [1.29, 1.82) is 0 Å². The van der Waals surface area contributed by atoms with Gasteiger partial charge in [0.25, 0.3) is 5.56 Å². The van der Waals surface area contributed by atoms with Crippen LogP contribution < -0.4 is 10.9 Å². The number of benzene rings is 2. The fraction of sp³-hybridized carbons (Fsp3) is 0. The van der Waals surface area contributed by atoms with Crippen LogP contribution in [0.15, 0.2) is 65.5 Å². The quantitative estimate of drug-likeness (QED) is 0.639. The topological polar surface area (TPSA) is 70.1 Å². The zero-order valence-corrected chi connectivity index (χ0v) is 10.6. The van der Waals surface area contributed by atoms with E-state index in [1.165, 1.54) is 10.7 Å². The van der Waals surface area contributed by atoms with E-state index in [9.17, 15) is 9.90 Å². The minimum atomic E-state index is -0.141. The summed E-state index contributed by atoms with van der Waals surface area (Å²) in [6.45, 7) is 0. The first-order valence-electron chi connectivity index (χ1n) is 6.16. The van der Waals surface area contributed by atoms with Crippen molar-refractivity contribution in [2.45, 2.75) is 0 Å². The predicted molar refractivity (Wildman–Crippen MR) is 77.8 cm³/mol. The van der Waals surface area contributed by atoms with Gasteiger partial charge in [0.2, 0.25) is 0 Å². The molecule has 100 valence electrons. The van der Waals surface area contributed by atoms with Gasteiger partial charge >= 0.3 is 0 Å². The van der Waals surface area contributed by atoms with E-state index < -0.39 is 0 Å². The van der Waals surface area contributed by atoms with Gasteiger partial charge in [0.05, 0.1) is 5.69 Å². The van der Waals surface area contributed by atoms with Crippen molar-refractivity contribution >= 4 is 11.5 Å². The number of aromatic nitrogens is 2. The van der Waals surface area contributed by atoms with E-state index >= 15 is 0 Å². The number of rotatable bonds is 3. The Morgan fingerprint density at radius 1 is 1.00 bits per heavy atom. The number of anilines is 2. The maximum atomic E-state index is 11.9. The maximum Gasteiger partial charge on any atom is 0.273 e. The van der Waals surface area contributed by atoms with Crippen LogP contribution in [0.25, 0.3) is 5.69 Å². The van der Waals surface area contributed by atoms with Gasteiger partial charge in [-0.1, -0.05) is 18.2 Å². The van der Waals surface area contributed by atoms with Crippen LogP contribution in [0.4, 0.5) is 11.5 Å². The summed E-state index contributed by atoms with van der Waals surface area (Å²) >= 11 is 0. The number of nitrogens with zero attached hydrogens (tertiary/aromatic N) is 1. The van der Waals surface area contributed by atoms with Crippen molar-refractivity contribution in [2.24, 2.45) is 0 Å². The first kappa shape index (κ1) is 12.1. The maximum absolute atomic E-state index is 11.9.